The van der Waals surface area contributed by atoms with Gasteiger partial charge in [0.1, 0.15) is 22.9 Å². The molecule has 2 unspecified atom stereocenters. The number of aromatic hydroxyl groups is 1. The van der Waals surface area contributed by atoms with Crippen molar-refractivity contribution in [2.75, 3.05) is 14.1 Å². The third-order valence-electron chi connectivity index (χ3n) is 7.13. The van der Waals surface area contributed by atoms with Gasteiger partial charge in [-0.15, -0.1) is 0 Å². The monoisotopic (exact) mass is 430 g/mol. The number of rotatable bonds is 2. The van der Waals surface area contributed by atoms with Crippen molar-refractivity contribution in [3.8, 4) is 5.75 Å². The number of hydrogen-bond acceptors (Lipinski definition) is 8. The molecule has 5 atom stereocenters. The molecule has 0 saturated carbocycles. The lowest BCUT2D eigenvalue weighted by Gasteiger charge is -2.53. The third-order valence-corrected chi connectivity index (χ3v) is 7.13. The summed E-state index contributed by atoms with van der Waals surface area (Å²) >= 11 is 0. The van der Waals surface area contributed by atoms with Gasteiger partial charge < -0.3 is 31.3 Å². The topological polar surface area (TPSA) is 165 Å². The predicted octanol–water partition coefficient (Wildman–Crippen LogP) is 0.607. The lowest BCUT2D eigenvalue weighted by molar-refractivity contribution is -0.121. The number of aliphatic hydroxyl groups is 4. The summed E-state index contributed by atoms with van der Waals surface area (Å²) in [7, 11) is 3.28. The molecule has 0 aliphatic heterocycles. The van der Waals surface area contributed by atoms with E-state index in [0.717, 1.165) is 0 Å². The summed E-state index contributed by atoms with van der Waals surface area (Å²) in [5.41, 5.74) is 1.34. The number of amides is 1. The minimum absolute atomic E-state index is 0.0304. The lowest BCUT2D eigenvalue weighted by atomic mass is 9.56. The van der Waals surface area contributed by atoms with Crippen molar-refractivity contribution in [3.63, 3.8) is 0 Å². The molecule has 1 aromatic carbocycles. The van der Waals surface area contributed by atoms with Crippen LogP contribution in [0, 0.1) is 11.8 Å². The summed E-state index contributed by atoms with van der Waals surface area (Å²) in [6, 6.07) is 3.47. The highest BCUT2D eigenvalue weighted by molar-refractivity contribution is 6.14. The van der Waals surface area contributed by atoms with Gasteiger partial charge in [-0.1, -0.05) is 12.1 Å². The standard InChI is InChI=1S/C22H26N2O7/c1-21(30)10-5-4-6-13(25)14(10)18(27)15-11(21)7-12-16(24(2)3)17(26)9(20(23)29)8-22(12,31)19(15)28/h4-6,11-12,16,25-26,28,30-31H,7-8H2,1-3H3,(H2,23,29)/t11?,12?,16-,21+,22-/m0/s1. The van der Waals surface area contributed by atoms with Gasteiger partial charge in [0.2, 0.25) is 5.91 Å². The maximum atomic E-state index is 13.3. The molecule has 0 fully saturated rings. The molecule has 0 aromatic heterocycles. The van der Waals surface area contributed by atoms with E-state index in [2.05, 4.69) is 0 Å². The number of carbonyl (C=O) groups is 2. The molecule has 0 bridgehead atoms. The number of likely N-dealkylation sites (N-methyl/N-ethyl adjacent to an activating group) is 1. The minimum atomic E-state index is -2.06. The van der Waals surface area contributed by atoms with Gasteiger partial charge in [0.15, 0.2) is 5.78 Å². The summed E-state index contributed by atoms with van der Waals surface area (Å²) < 4.78 is 0. The molecule has 0 heterocycles. The zero-order valence-corrected chi connectivity index (χ0v) is 17.5. The fourth-order valence-corrected chi connectivity index (χ4v) is 5.59. The number of aliphatic hydroxyl groups excluding tert-OH is 2. The van der Waals surface area contributed by atoms with Crippen LogP contribution in [0.25, 0.3) is 0 Å². The maximum Gasteiger partial charge on any atom is 0.248 e. The Labute approximate surface area is 178 Å². The molecular weight excluding hydrogens is 404 g/mol. The number of nitrogens with zero attached hydrogens (tertiary/aromatic N) is 1. The fourth-order valence-electron chi connectivity index (χ4n) is 5.59. The van der Waals surface area contributed by atoms with Gasteiger partial charge in [0, 0.05) is 23.8 Å². The van der Waals surface area contributed by atoms with E-state index >= 15 is 0 Å². The van der Waals surface area contributed by atoms with Gasteiger partial charge in [0.05, 0.1) is 22.8 Å². The normalized spacial score (nSPS) is 35.0. The van der Waals surface area contributed by atoms with Crippen molar-refractivity contribution in [1.82, 2.24) is 4.90 Å². The first-order valence-electron chi connectivity index (χ1n) is 9.97. The maximum absolute atomic E-state index is 13.3. The molecule has 3 aliphatic rings. The van der Waals surface area contributed by atoms with E-state index in [1.807, 2.05) is 0 Å². The number of hydrogen-bond donors (Lipinski definition) is 6. The van der Waals surface area contributed by atoms with Crippen molar-refractivity contribution in [3.05, 3.63) is 52.0 Å². The molecular formula is C22H26N2O7. The summed E-state index contributed by atoms with van der Waals surface area (Å²) in [5, 5.41) is 55.3. The first-order chi connectivity index (χ1) is 14.3. The van der Waals surface area contributed by atoms with Crippen molar-refractivity contribution in [2.45, 2.75) is 37.0 Å². The largest absolute Gasteiger partial charge is 0.510 e. The Morgan fingerprint density at radius 3 is 2.42 bits per heavy atom. The van der Waals surface area contributed by atoms with Gasteiger partial charge in [0.25, 0.3) is 0 Å². The molecule has 1 aromatic rings. The second kappa shape index (κ2) is 6.56. The zero-order valence-electron chi connectivity index (χ0n) is 17.5. The summed E-state index contributed by atoms with van der Waals surface area (Å²) in [6.45, 7) is 1.48. The van der Waals surface area contributed by atoms with E-state index in [1.165, 1.54) is 25.1 Å². The van der Waals surface area contributed by atoms with Crippen molar-refractivity contribution in [1.29, 1.82) is 0 Å². The fraction of sp³-hybridized carbons (Fsp3) is 0.455. The SMILES string of the molecule is CN(C)[C@@H]1C(O)=C(C(N)=O)C[C@@]2(O)C(O)=C3C(=O)c4c(O)cccc4[C@@](C)(O)C3CC12. The van der Waals surface area contributed by atoms with Crippen molar-refractivity contribution >= 4 is 11.7 Å². The minimum Gasteiger partial charge on any atom is -0.510 e. The average molecular weight is 430 g/mol. The molecule has 9 heteroatoms. The molecule has 9 nitrogen and oxygen atoms in total. The highest BCUT2D eigenvalue weighted by Gasteiger charge is 2.61. The number of phenolic OH excluding ortho intramolecular Hbond substituents is 1. The Kier molecular flexibility index (Phi) is 4.52. The smallest absolute Gasteiger partial charge is 0.248 e. The molecule has 0 saturated heterocycles. The van der Waals surface area contributed by atoms with E-state index in [9.17, 15) is 35.1 Å². The first-order valence-corrected chi connectivity index (χ1v) is 9.97. The Morgan fingerprint density at radius 1 is 1.19 bits per heavy atom. The summed E-state index contributed by atoms with van der Waals surface area (Å²) in [4.78, 5) is 26.9. The lowest BCUT2D eigenvalue weighted by Crippen LogP contribution is -2.61. The van der Waals surface area contributed by atoms with Crippen LogP contribution in [-0.4, -0.2) is 67.9 Å². The summed E-state index contributed by atoms with van der Waals surface area (Å²) in [5.74, 6) is -4.73. The Bertz CT molecular complexity index is 1070. The van der Waals surface area contributed by atoms with Gasteiger partial charge >= 0.3 is 0 Å². The highest BCUT2D eigenvalue weighted by Crippen LogP contribution is 2.57. The second-order valence-corrected chi connectivity index (χ2v) is 9.07. The van der Waals surface area contributed by atoms with E-state index < -0.39 is 53.0 Å². The number of Topliss-reactive ketones (excluding diaryl/α,β-unsaturated/α-hetero) is 1. The number of nitrogens with two attached hydrogens (primary N) is 1. The molecule has 0 spiro atoms. The number of phenols is 1. The zero-order chi connectivity index (χ0) is 23.0. The number of benzene rings is 1. The Hall–Kier alpha value is -2.88. The van der Waals surface area contributed by atoms with Crippen molar-refractivity contribution < 1.29 is 35.1 Å². The van der Waals surface area contributed by atoms with Gasteiger partial charge in [-0.05, 0) is 39.1 Å². The van der Waals surface area contributed by atoms with Crippen LogP contribution in [0.5, 0.6) is 5.75 Å². The average Bonchev–Trinajstić information content (AvgIpc) is 2.67. The van der Waals surface area contributed by atoms with Crippen LogP contribution in [0.4, 0.5) is 0 Å². The number of ketones is 1. The quantitative estimate of drug-likeness (QED) is 0.397. The molecule has 31 heavy (non-hydrogen) atoms. The molecule has 166 valence electrons. The van der Waals surface area contributed by atoms with Gasteiger partial charge in [-0.25, -0.2) is 0 Å². The Morgan fingerprint density at radius 2 is 1.84 bits per heavy atom. The molecule has 7 N–H and O–H groups in total. The number of carbonyl (C=O) groups excluding carboxylic acids is 2. The van der Waals surface area contributed by atoms with Crippen LogP contribution in [0.3, 0.4) is 0 Å². The van der Waals surface area contributed by atoms with E-state index in [1.54, 1.807) is 19.0 Å². The third kappa shape index (κ3) is 2.67. The molecule has 3 aliphatic carbocycles. The van der Waals surface area contributed by atoms with E-state index in [4.69, 9.17) is 5.73 Å². The van der Waals surface area contributed by atoms with E-state index in [-0.39, 0.29) is 40.2 Å². The van der Waals surface area contributed by atoms with E-state index in [0.29, 0.717) is 0 Å². The van der Waals surface area contributed by atoms with Crippen LogP contribution in [-0.2, 0) is 10.4 Å². The molecule has 0 radical (unpaired) electrons. The molecule has 1 amide bonds. The van der Waals surface area contributed by atoms with Crippen LogP contribution in [0.15, 0.2) is 40.9 Å². The van der Waals surface area contributed by atoms with Crippen LogP contribution >= 0.6 is 0 Å². The second-order valence-electron chi connectivity index (χ2n) is 9.07. The Balaban J connectivity index is 1.99. The van der Waals surface area contributed by atoms with Crippen molar-refractivity contribution in [2.24, 2.45) is 17.6 Å². The van der Waals surface area contributed by atoms with Crippen LogP contribution in [0.2, 0.25) is 0 Å². The van der Waals surface area contributed by atoms with Gasteiger partial charge in [-0.2, -0.15) is 0 Å². The van der Waals surface area contributed by atoms with Crippen LogP contribution < -0.4 is 5.73 Å². The highest BCUT2D eigenvalue weighted by atomic mass is 16.3. The summed E-state index contributed by atoms with van der Waals surface area (Å²) in [6.07, 6.45) is -0.447. The number of fused-ring (bicyclic) bond motifs is 3. The van der Waals surface area contributed by atoms with Gasteiger partial charge in [-0.3, -0.25) is 14.5 Å². The predicted molar refractivity (Wildman–Crippen MR) is 109 cm³/mol. The molecule has 4 rings (SSSR count). The number of primary amides is 1. The van der Waals surface area contributed by atoms with Crippen LogP contribution in [0.1, 0.15) is 35.7 Å². The first kappa shape index (κ1) is 21.4.